The smallest absolute Gasteiger partial charge is 0.271 e. The molecule has 2 heterocycles. The SMILES string of the molecule is Cc1cc(NC(=O)CN(C)Cc2nc3ccccc3[nH]c2=O)no1. The van der Waals surface area contributed by atoms with Crippen molar-refractivity contribution < 1.29 is 9.32 Å². The third kappa shape index (κ3) is 3.66. The number of nitrogens with zero attached hydrogens (tertiary/aromatic N) is 3. The molecule has 0 aliphatic rings. The molecule has 0 saturated carbocycles. The van der Waals surface area contributed by atoms with Crippen LogP contribution in [-0.2, 0) is 11.3 Å². The van der Waals surface area contributed by atoms with E-state index in [0.717, 1.165) is 0 Å². The summed E-state index contributed by atoms with van der Waals surface area (Å²) in [6, 6.07) is 8.95. The van der Waals surface area contributed by atoms with Crippen molar-refractivity contribution in [3.63, 3.8) is 0 Å². The Morgan fingerprint density at radius 1 is 1.38 bits per heavy atom. The number of benzene rings is 1. The lowest BCUT2D eigenvalue weighted by atomic mass is 10.3. The van der Waals surface area contributed by atoms with Crippen molar-refractivity contribution in [2.75, 3.05) is 18.9 Å². The lowest BCUT2D eigenvalue weighted by molar-refractivity contribution is -0.117. The molecule has 3 aromatic rings. The molecule has 2 aromatic heterocycles. The number of nitrogens with one attached hydrogen (secondary N) is 2. The van der Waals surface area contributed by atoms with Crippen LogP contribution in [0.3, 0.4) is 0 Å². The normalized spacial score (nSPS) is 11.1. The van der Waals surface area contributed by atoms with Crippen LogP contribution in [-0.4, -0.2) is 39.5 Å². The van der Waals surface area contributed by atoms with Crippen LogP contribution < -0.4 is 10.9 Å². The molecule has 0 fully saturated rings. The Bertz CT molecular complexity index is 931. The Kier molecular flexibility index (Phi) is 4.39. The number of amides is 1. The van der Waals surface area contributed by atoms with Crippen LogP contribution in [0.15, 0.2) is 39.6 Å². The predicted molar refractivity (Wildman–Crippen MR) is 88.6 cm³/mol. The number of para-hydroxylation sites is 2. The quantitative estimate of drug-likeness (QED) is 0.732. The predicted octanol–water partition coefficient (Wildman–Crippen LogP) is 1.29. The number of carbonyl (C=O) groups is 1. The van der Waals surface area contributed by atoms with E-state index in [1.807, 2.05) is 18.2 Å². The van der Waals surface area contributed by atoms with Gasteiger partial charge in [0, 0.05) is 12.6 Å². The summed E-state index contributed by atoms with van der Waals surface area (Å²) in [5, 5.41) is 6.33. The maximum Gasteiger partial charge on any atom is 0.271 e. The largest absolute Gasteiger partial charge is 0.360 e. The Balaban J connectivity index is 1.66. The Morgan fingerprint density at radius 2 is 2.17 bits per heavy atom. The molecule has 3 rings (SSSR count). The van der Waals surface area contributed by atoms with E-state index in [9.17, 15) is 9.59 Å². The highest BCUT2D eigenvalue weighted by atomic mass is 16.5. The number of H-pyrrole nitrogens is 1. The zero-order chi connectivity index (χ0) is 17.1. The molecular formula is C16H17N5O3. The van der Waals surface area contributed by atoms with Gasteiger partial charge in [0.15, 0.2) is 5.82 Å². The average molecular weight is 327 g/mol. The second-order valence-corrected chi connectivity index (χ2v) is 5.57. The second-order valence-electron chi connectivity index (χ2n) is 5.57. The number of aromatic nitrogens is 3. The van der Waals surface area contributed by atoms with E-state index in [1.54, 1.807) is 31.0 Å². The molecule has 0 atom stereocenters. The maximum atomic E-state index is 12.1. The van der Waals surface area contributed by atoms with Crippen LogP contribution in [0.2, 0.25) is 0 Å². The Hall–Kier alpha value is -3.00. The third-order valence-electron chi connectivity index (χ3n) is 3.40. The number of aromatic amines is 1. The number of aryl methyl sites for hydroxylation is 1. The van der Waals surface area contributed by atoms with Crippen LogP contribution in [0.25, 0.3) is 11.0 Å². The Labute approximate surface area is 137 Å². The van der Waals surface area contributed by atoms with Gasteiger partial charge in [0.1, 0.15) is 11.5 Å². The van der Waals surface area contributed by atoms with Gasteiger partial charge in [0.2, 0.25) is 5.91 Å². The monoisotopic (exact) mass is 327 g/mol. The van der Waals surface area contributed by atoms with E-state index < -0.39 is 0 Å². The summed E-state index contributed by atoms with van der Waals surface area (Å²) < 4.78 is 4.89. The van der Waals surface area contributed by atoms with Crippen LogP contribution in [0.1, 0.15) is 11.5 Å². The molecule has 1 amide bonds. The fourth-order valence-corrected chi connectivity index (χ4v) is 2.34. The number of anilines is 1. The standard InChI is InChI=1S/C16H17N5O3/c1-10-7-14(20-24-10)19-15(22)9-21(2)8-13-16(23)18-12-6-4-3-5-11(12)17-13/h3-7H,8-9H2,1-2H3,(H,18,23)(H,19,20,22). The summed E-state index contributed by atoms with van der Waals surface area (Å²) >= 11 is 0. The number of rotatable bonds is 5. The first-order chi connectivity index (χ1) is 11.5. The number of likely N-dealkylation sites (N-methyl/N-ethyl adjacent to an activating group) is 1. The zero-order valence-electron chi connectivity index (χ0n) is 13.4. The summed E-state index contributed by atoms with van der Waals surface area (Å²) in [7, 11) is 1.74. The van der Waals surface area contributed by atoms with E-state index in [1.165, 1.54) is 0 Å². The van der Waals surface area contributed by atoms with Gasteiger partial charge in [-0.25, -0.2) is 4.98 Å². The topological polar surface area (TPSA) is 104 Å². The maximum absolute atomic E-state index is 12.1. The Morgan fingerprint density at radius 3 is 2.92 bits per heavy atom. The molecule has 0 unspecified atom stereocenters. The number of hydrogen-bond acceptors (Lipinski definition) is 6. The molecule has 0 radical (unpaired) electrons. The van der Waals surface area contributed by atoms with Crippen LogP contribution in [0, 0.1) is 6.92 Å². The fourth-order valence-electron chi connectivity index (χ4n) is 2.34. The van der Waals surface area contributed by atoms with Gasteiger partial charge in [-0.3, -0.25) is 14.5 Å². The first-order valence-corrected chi connectivity index (χ1v) is 7.41. The van der Waals surface area contributed by atoms with Gasteiger partial charge in [-0.2, -0.15) is 0 Å². The van der Waals surface area contributed by atoms with Crippen molar-refractivity contribution in [2.24, 2.45) is 0 Å². The highest BCUT2D eigenvalue weighted by Crippen LogP contribution is 2.08. The van der Waals surface area contributed by atoms with Crippen molar-refractivity contribution in [3.8, 4) is 0 Å². The molecule has 124 valence electrons. The second kappa shape index (κ2) is 6.63. The van der Waals surface area contributed by atoms with E-state index >= 15 is 0 Å². The van der Waals surface area contributed by atoms with Crippen molar-refractivity contribution >= 4 is 22.8 Å². The van der Waals surface area contributed by atoms with Crippen molar-refractivity contribution in [3.05, 3.63) is 52.1 Å². The van der Waals surface area contributed by atoms with Crippen molar-refractivity contribution in [1.29, 1.82) is 0 Å². The minimum absolute atomic E-state index is 0.0971. The van der Waals surface area contributed by atoms with Gasteiger partial charge in [0.25, 0.3) is 5.56 Å². The van der Waals surface area contributed by atoms with Gasteiger partial charge in [-0.15, -0.1) is 0 Å². The molecule has 0 bridgehead atoms. The molecule has 8 heteroatoms. The van der Waals surface area contributed by atoms with Gasteiger partial charge in [0.05, 0.1) is 17.6 Å². The molecule has 0 aliphatic carbocycles. The van der Waals surface area contributed by atoms with E-state index in [-0.39, 0.29) is 24.6 Å². The minimum Gasteiger partial charge on any atom is -0.360 e. The molecule has 1 aromatic carbocycles. The van der Waals surface area contributed by atoms with Crippen LogP contribution >= 0.6 is 0 Å². The molecule has 8 nitrogen and oxygen atoms in total. The molecule has 24 heavy (non-hydrogen) atoms. The summed E-state index contributed by atoms with van der Waals surface area (Å²) in [5.41, 5.74) is 1.51. The summed E-state index contributed by atoms with van der Waals surface area (Å²) in [6.45, 7) is 2.09. The van der Waals surface area contributed by atoms with Gasteiger partial charge >= 0.3 is 0 Å². The highest BCUT2D eigenvalue weighted by molar-refractivity contribution is 5.91. The number of fused-ring (bicyclic) bond motifs is 1. The first-order valence-electron chi connectivity index (χ1n) is 7.41. The highest BCUT2D eigenvalue weighted by Gasteiger charge is 2.12. The van der Waals surface area contributed by atoms with E-state index in [2.05, 4.69) is 20.4 Å². The van der Waals surface area contributed by atoms with Gasteiger partial charge in [-0.05, 0) is 26.1 Å². The lowest BCUT2D eigenvalue weighted by Gasteiger charge is -2.15. The lowest BCUT2D eigenvalue weighted by Crippen LogP contribution is -2.32. The summed E-state index contributed by atoms with van der Waals surface area (Å²) in [6.07, 6.45) is 0. The minimum atomic E-state index is -0.256. The average Bonchev–Trinajstić information content (AvgIpc) is 2.92. The molecule has 0 spiro atoms. The molecule has 0 aliphatic heterocycles. The van der Waals surface area contributed by atoms with E-state index in [4.69, 9.17) is 4.52 Å². The first kappa shape index (κ1) is 15.9. The van der Waals surface area contributed by atoms with Gasteiger partial charge < -0.3 is 14.8 Å². The van der Waals surface area contributed by atoms with Crippen LogP contribution in [0.4, 0.5) is 5.82 Å². The number of carbonyl (C=O) groups excluding carboxylic acids is 1. The zero-order valence-corrected chi connectivity index (χ0v) is 13.4. The van der Waals surface area contributed by atoms with Crippen LogP contribution in [0.5, 0.6) is 0 Å². The summed E-state index contributed by atoms with van der Waals surface area (Å²) in [4.78, 5) is 32.9. The van der Waals surface area contributed by atoms with E-state index in [0.29, 0.717) is 28.3 Å². The number of hydrogen-bond donors (Lipinski definition) is 2. The molecular weight excluding hydrogens is 310 g/mol. The van der Waals surface area contributed by atoms with Crippen molar-refractivity contribution in [1.82, 2.24) is 20.0 Å². The van der Waals surface area contributed by atoms with Crippen molar-refractivity contribution in [2.45, 2.75) is 13.5 Å². The fraction of sp³-hybridized carbons (Fsp3) is 0.250. The van der Waals surface area contributed by atoms with Gasteiger partial charge in [-0.1, -0.05) is 17.3 Å². The summed E-state index contributed by atoms with van der Waals surface area (Å²) in [5.74, 6) is 0.737. The molecule has 0 saturated heterocycles. The molecule has 2 N–H and O–H groups in total. The third-order valence-corrected chi connectivity index (χ3v) is 3.40.